The van der Waals surface area contributed by atoms with Gasteiger partial charge in [0.25, 0.3) is 0 Å². The second-order valence-electron chi connectivity index (χ2n) is 5.66. The number of hydrogen-bond acceptors (Lipinski definition) is 5. The van der Waals surface area contributed by atoms with Crippen LogP contribution in [0.2, 0.25) is 5.02 Å². The van der Waals surface area contributed by atoms with Crippen molar-refractivity contribution >= 4 is 29.1 Å². The summed E-state index contributed by atoms with van der Waals surface area (Å²) >= 11 is 5.68. The number of nitrogens with one attached hydrogen (secondary N) is 2. The molecule has 25 heavy (non-hydrogen) atoms. The number of alkyl halides is 3. The van der Waals surface area contributed by atoms with Gasteiger partial charge in [0.15, 0.2) is 0 Å². The zero-order valence-corrected chi connectivity index (χ0v) is 14.6. The SMILES string of the molecule is CN(C)CCCNc1nccc(Nc2ccc(Cl)cc2C(F)(F)F)n1. The summed E-state index contributed by atoms with van der Waals surface area (Å²) in [7, 11) is 3.96. The lowest BCUT2D eigenvalue weighted by atomic mass is 10.1. The van der Waals surface area contributed by atoms with Gasteiger partial charge in [-0.1, -0.05) is 11.6 Å². The Morgan fingerprint density at radius 2 is 1.96 bits per heavy atom. The fourth-order valence-electron chi connectivity index (χ4n) is 2.11. The van der Waals surface area contributed by atoms with Crippen LogP contribution in [0, 0.1) is 0 Å². The van der Waals surface area contributed by atoms with Crippen LogP contribution in [0.1, 0.15) is 12.0 Å². The van der Waals surface area contributed by atoms with Crippen molar-refractivity contribution in [3.63, 3.8) is 0 Å². The van der Waals surface area contributed by atoms with E-state index in [2.05, 4.69) is 25.5 Å². The fourth-order valence-corrected chi connectivity index (χ4v) is 2.28. The molecule has 2 aromatic rings. The molecule has 5 nitrogen and oxygen atoms in total. The summed E-state index contributed by atoms with van der Waals surface area (Å²) in [5.74, 6) is 0.615. The van der Waals surface area contributed by atoms with Crippen LogP contribution in [-0.4, -0.2) is 42.1 Å². The van der Waals surface area contributed by atoms with Gasteiger partial charge in [-0.2, -0.15) is 18.2 Å². The third-order valence-corrected chi connectivity index (χ3v) is 3.51. The standard InChI is InChI=1S/C16H19ClF3N5/c1-25(2)9-3-7-21-15-22-8-6-14(24-15)23-13-5-4-11(17)10-12(13)16(18,19)20/h4-6,8,10H,3,7,9H2,1-2H3,(H2,21,22,23,24). The van der Waals surface area contributed by atoms with E-state index in [0.717, 1.165) is 19.0 Å². The van der Waals surface area contributed by atoms with E-state index in [4.69, 9.17) is 11.6 Å². The minimum absolute atomic E-state index is 0.0174. The van der Waals surface area contributed by atoms with Gasteiger partial charge in [-0.05, 0) is 51.3 Å². The Bertz CT molecular complexity index is 706. The maximum absolute atomic E-state index is 13.1. The second-order valence-corrected chi connectivity index (χ2v) is 6.10. The van der Waals surface area contributed by atoms with Gasteiger partial charge in [-0.15, -0.1) is 0 Å². The number of halogens is 4. The second kappa shape index (κ2) is 8.35. The lowest BCUT2D eigenvalue weighted by Gasteiger charge is -2.15. The van der Waals surface area contributed by atoms with Crippen LogP contribution in [0.25, 0.3) is 0 Å². The molecule has 0 bridgehead atoms. The highest BCUT2D eigenvalue weighted by atomic mass is 35.5. The van der Waals surface area contributed by atoms with Gasteiger partial charge in [-0.3, -0.25) is 0 Å². The first-order valence-corrected chi connectivity index (χ1v) is 7.99. The Labute approximate surface area is 149 Å². The number of rotatable bonds is 7. The van der Waals surface area contributed by atoms with Crippen LogP contribution in [0.15, 0.2) is 30.5 Å². The molecule has 2 N–H and O–H groups in total. The van der Waals surface area contributed by atoms with Gasteiger partial charge in [0.1, 0.15) is 5.82 Å². The Hall–Kier alpha value is -2.06. The fraction of sp³-hybridized carbons (Fsp3) is 0.375. The molecular weight excluding hydrogens is 355 g/mol. The van der Waals surface area contributed by atoms with Crippen molar-refractivity contribution in [2.75, 3.05) is 37.8 Å². The molecule has 136 valence electrons. The average molecular weight is 374 g/mol. The molecule has 1 aromatic heterocycles. The number of nitrogens with zero attached hydrogens (tertiary/aromatic N) is 3. The number of anilines is 3. The van der Waals surface area contributed by atoms with E-state index in [-0.39, 0.29) is 16.5 Å². The van der Waals surface area contributed by atoms with E-state index in [1.807, 2.05) is 14.1 Å². The molecule has 0 aliphatic rings. The average Bonchev–Trinajstić information content (AvgIpc) is 2.52. The summed E-state index contributed by atoms with van der Waals surface area (Å²) < 4.78 is 39.4. The molecule has 0 spiro atoms. The third-order valence-electron chi connectivity index (χ3n) is 3.27. The molecule has 1 aromatic carbocycles. The molecule has 0 atom stereocenters. The van der Waals surface area contributed by atoms with Crippen LogP contribution < -0.4 is 10.6 Å². The molecule has 1 heterocycles. The number of benzene rings is 1. The predicted molar refractivity (Wildman–Crippen MR) is 93.4 cm³/mol. The summed E-state index contributed by atoms with van der Waals surface area (Å²) in [5, 5.41) is 5.74. The van der Waals surface area contributed by atoms with E-state index in [9.17, 15) is 13.2 Å². The minimum Gasteiger partial charge on any atom is -0.354 e. The van der Waals surface area contributed by atoms with Crippen LogP contribution in [0.3, 0.4) is 0 Å². The van der Waals surface area contributed by atoms with Gasteiger partial charge in [-0.25, -0.2) is 4.98 Å². The Morgan fingerprint density at radius 1 is 1.20 bits per heavy atom. The summed E-state index contributed by atoms with van der Waals surface area (Å²) in [6, 6.07) is 5.05. The smallest absolute Gasteiger partial charge is 0.354 e. The van der Waals surface area contributed by atoms with Gasteiger partial charge in [0, 0.05) is 17.8 Å². The van der Waals surface area contributed by atoms with Crippen molar-refractivity contribution in [1.82, 2.24) is 14.9 Å². The van der Waals surface area contributed by atoms with Gasteiger partial charge < -0.3 is 15.5 Å². The summed E-state index contributed by atoms with van der Waals surface area (Å²) in [5.41, 5.74) is -0.965. The van der Waals surface area contributed by atoms with E-state index >= 15 is 0 Å². The highest BCUT2D eigenvalue weighted by Crippen LogP contribution is 2.37. The maximum Gasteiger partial charge on any atom is 0.418 e. The third kappa shape index (κ3) is 6.06. The number of hydrogen-bond donors (Lipinski definition) is 2. The van der Waals surface area contributed by atoms with Crippen molar-refractivity contribution < 1.29 is 13.2 Å². The molecule has 0 amide bonds. The largest absolute Gasteiger partial charge is 0.418 e. The summed E-state index contributed by atoms with van der Waals surface area (Å²) in [6.45, 7) is 1.57. The maximum atomic E-state index is 13.1. The van der Waals surface area contributed by atoms with Gasteiger partial charge in [0.2, 0.25) is 5.95 Å². The van der Waals surface area contributed by atoms with Crippen LogP contribution in [0.4, 0.5) is 30.6 Å². The molecule has 0 saturated carbocycles. The Morgan fingerprint density at radius 3 is 2.64 bits per heavy atom. The van der Waals surface area contributed by atoms with Crippen molar-refractivity contribution in [3.8, 4) is 0 Å². The molecular formula is C16H19ClF3N5. The molecule has 0 saturated heterocycles. The lowest BCUT2D eigenvalue weighted by Crippen LogP contribution is -2.17. The van der Waals surface area contributed by atoms with Crippen molar-refractivity contribution in [2.45, 2.75) is 12.6 Å². The zero-order valence-electron chi connectivity index (χ0n) is 13.9. The van der Waals surface area contributed by atoms with Crippen LogP contribution in [-0.2, 0) is 6.18 Å². The molecule has 0 fully saturated rings. The first-order valence-electron chi connectivity index (χ1n) is 7.61. The highest BCUT2D eigenvalue weighted by Gasteiger charge is 2.33. The van der Waals surface area contributed by atoms with Crippen molar-refractivity contribution in [3.05, 3.63) is 41.0 Å². The molecule has 0 aliphatic heterocycles. The monoisotopic (exact) mass is 373 g/mol. The molecule has 9 heteroatoms. The van der Waals surface area contributed by atoms with E-state index in [1.54, 1.807) is 0 Å². The molecule has 0 unspecified atom stereocenters. The number of aromatic nitrogens is 2. The first-order chi connectivity index (χ1) is 11.8. The summed E-state index contributed by atoms with van der Waals surface area (Å²) in [4.78, 5) is 10.3. The lowest BCUT2D eigenvalue weighted by molar-refractivity contribution is -0.136. The quantitative estimate of drug-likeness (QED) is 0.710. The predicted octanol–water partition coefficient (Wildman–Crippen LogP) is 4.26. The van der Waals surface area contributed by atoms with E-state index < -0.39 is 11.7 Å². The van der Waals surface area contributed by atoms with Gasteiger partial charge in [0.05, 0.1) is 11.3 Å². The Kier molecular flexibility index (Phi) is 6.44. The van der Waals surface area contributed by atoms with Crippen LogP contribution >= 0.6 is 11.6 Å². The van der Waals surface area contributed by atoms with Gasteiger partial charge >= 0.3 is 6.18 Å². The van der Waals surface area contributed by atoms with Crippen LogP contribution in [0.5, 0.6) is 0 Å². The van der Waals surface area contributed by atoms with Crippen molar-refractivity contribution in [1.29, 1.82) is 0 Å². The normalized spacial score (nSPS) is 11.6. The minimum atomic E-state index is -4.52. The molecule has 2 rings (SSSR count). The zero-order chi connectivity index (χ0) is 18.4. The molecule has 0 radical (unpaired) electrons. The summed E-state index contributed by atoms with van der Waals surface area (Å²) in [6.07, 6.45) is -2.15. The topological polar surface area (TPSA) is 53.1 Å². The molecule has 0 aliphatic carbocycles. The highest BCUT2D eigenvalue weighted by molar-refractivity contribution is 6.30. The first kappa shape index (κ1) is 19.3. The van der Waals surface area contributed by atoms with Crippen molar-refractivity contribution in [2.24, 2.45) is 0 Å². The van der Waals surface area contributed by atoms with E-state index in [1.165, 1.54) is 24.4 Å². The van der Waals surface area contributed by atoms with E-state index in [0.29, 0.717) is 12.5 Å². The Balaban J connectivity index is 2.10.